The number of rotatable bonds is 5. The fourth-order valence-electron chi connectivity index (χ4n) is 3.98. The lowest BCUT2D eigenvalue weighted by atomic mass is 10.0. The zero-order valence-corrected chi connectivity index (χ0v) is 18.3. The molecule has 1 saturated heterocycles. The number of benzene rings is 2. The molecule has 2 aromatic heterocycles. The molecule has 7 heteroatoms. The standard InChI is InChI=1S/C25H26N6O/c1-30-11-13-31(14-12-30)21-7-4-6-20(15-21)28-25-27-17-19-5-3-8-22(24(19)29-25)18-9-10-23(32-2)26-16-18/h3-10,15-17H,11-14H2,1-2H3,(H,27,28,29). The van der Waals surface area contributed by atoms with Crippen molar-refractivity contribution < 1.29 is 4.74 Å². The van der Waals surface area contributed by atoms with Gasteiger partial charge in [-0.3, -0.25) is 0 Å². The minimum atomic E-state index is 0.571. The van der Waals surface area contributed by atoms with Crippen molar-refractivity contribution >= 4 is 28.2 Å². The topological polar surface area (TPSA) is 66.4 Å². The van der Waals surface area contributed by atoms with Gasteiger partial charge in [-0.15, -0.1) is 0 Å². The van der Waals surface area contributed by atoms with Crippen LogP contribution in [0.4, 0.5) is 17.3 Å². The summed E-state index contributed by atoms with van der Waals surface area (Å²) < 4.78 is 5.18. The zero-order valence-electron chi connectivity index (χ0n) is 18.3. The normalized spacial score (nSPS) is 14.5. The van der Waals surface area contributed by atoms with E-state index in [0.717, 1.165) is 53.9 Å². The maximum atomic E-state index is 5.18. The van der Waals surface area contributed by atoms with E-state index in [9.17, 15) is 0 Å². The molecule has 1 fully saturated rings. The van der Waals surface area contributed by atoms with E-state index in [1.165, 1.54) is 5.69 Å². The summed E-state index contributed by atoms with van der Waals surface area (Å²) in [5.41, 5.74) is 5.07. The van der Waals surface area contributed by atoms with E-state index in [-0.39, 0.29) is 0 Å². The second-order valence-electron chi connectivity index (χ2n) is 7.99. The van der Waals surface area contributed by atoms with Crippen LogP contribution >= 0.6 is 0 Å². The van der Waals surface area contributed by atoms with Crippen LogP contribution in [0.15, 0.2) is 67.0 Å². The minimum absolute atomic E-state index is 0.571. The lowest BCUT2D eigenvalue weighted by Crippen LogP contribution is -2.44. The van der Waals surface area contributed by atoms with Gasteiger partial charge in [-0.05, 0) is 31.3 Å². The predicted octanol–water partition coefficient (Wildman–Crippen LogP) is 4.20. The van der Waals surface area contributed by atoms with Gasteiger partial charge >= 0.3 is 0 Å². The average molecular weight is 427 g/mol. The second kappa shape index (κ2) is 8.80. The molecular formula is C25H26N6O. The van der Waals surface area contributed by atoms with E-state index in [2.05, 4.69) is 56.4 Å². The molecule has 4 aromatic rings. The summed E-state index contributed by atoms with van der Waals surface area (Å²) in [5.74, 6) is 1.16. The first-order valence-electron chi connectivity index (χ1n) is 10.8. The third-order valence-corrected chi connectivity index (χ3v) is 5.84. The Hall–Kier alpha value is -3.71. The zero-order chi connectivity index (χ0) is 21.9. The molecule has 1 aliphatic rings. The number of para-hydroxylation sites is 1. The number of hydrogen-bond donors (Lipinski definition) is 1. The van der Waals surface area contributed by atoms with Crippen LogP contribution in [0.25, 0.3) is 22.0 Å². The number of likely N-dealkylation sites (N-methyl/N-ethyl adjacent to an activating group) is 1. The van der Waals surface area contributed by atoms with Crippen LogP contribution in [-0.4, -0.2) is 60.2 Å². The summed E-state index contributed by atoms with van der Waals surface area (Å²) in [5, 5.41) is 4.37. The van der Waals surface area contributed by atoms with Gasteiger partial charge in [-0.1, -0.05) is 24.3 Å². The number of aromatic nitrogens is 3. The van der Waals surface area contributed by atoms with E-state index < -0.39 is 0 Å². The van der Waals surface area contributed by atoms with Crippen molar-refractivity contribution in [1.29, 1.82) is 0 Å². The summed E-state index contributed by atoms with van der Waals surface area (Å²) in [6, 6.07) is 18.4. The monoisotopic (exact) mass is 426 g/mol. The summed E-state index contributed by atoms with van der Waals surface area (Å²) in [4.78, 5) is 18.5. The molecule has 32 heavy (non-hydrogen) atoms. The van der Waals surface area contributed by atoms with E-state index in [1.54, 1.807) is 7.11 Å². The smallest absolute Gasteiger partial charge is 0.227 e. The third kappa shape index (κ3) is 4.20. The van der Waals surface area contributed by atoms with Gasteiger partial charge in [0.15, 0.2) is 0 Å². The number of methoxy groups -OCH3 is 1. The van der Waals surface area contributed by atoms with Gasteiger partial charge in [0, 0.05) is 72.5 Å². The summed E-state index contributed by atoms with van der Waals surface area (Å²) in [6.07, 6.45) is 3.66. The molecule has 0 saturated carbocycles. The summed E-state index contributed by atoms with van der Waals surface area (Å²) >= 11 is 0. The number of fused-ring (bicyclic) bond motifs is 1. The van der Waals surface area contributed by atoms with Gasteiger partial charge in [0.1, 0.15) is 0 Å². The molecule has 1 N–H and O–H groups in total. The number of pyridine rings is 1. The van der Waals surface area contributed by atoms with Crippen LogP contribution in [0.2, 0.25) is 0 Å². The highest BCUT2D eigenvalue weighted by atomic mass is 16.5. The quantitative estimate of drug-likeness (QED) is 0.513. The molecule has 0 aliphatic carbocycles. The molecule has 0 atom stereocenters. The Balaban J connectivity index is 1.43. The Kier molecular flexibility index (Phi) is 5.56. The first kappa shape index (κ1) is 20.2. The van der Waals surface area contributed by atoms with Crippen molar-refractivity contribution in [2.75, 3.05) is 50.6 Å². The van der Waals surface area contributed by atoms with Crippen molar-refractivity contribution in [3.63, 3.8) is 0 Å². The third-order valence-electron chi connectivity index (χ3n) is 5.84. The van der Waals surface area contributed by atoms with Crippen LogP contribution < -0.4 is 15.0 Å². The van der Waals surface area contributed by atoms with Gasteiger partial charge in [0.05, 0.1) is 12.6 Å². The molecule has 0 spiro atoms. The highest BCUT2D eigenvalue weighted by Crippen LogP contribution is 2.29. The van der Waals surface area contributed by atoms with E-state index in [0.29, 0.717) is 11.8 Å². The van der Waals surface area contributed by atoms with Gasteiger partial charge in [-0.2, -0.15) is 0 Å². The van der Waals surface area contributed by atoms with Crippen molar-refractivity contribution in [2.24, 2.45) is 0 Å². The highest BCUT2D eigenvalue weighted by Gasteiger charge is 2.15. The number of piperazine rings is 1. The maximum Gasteiger partial charge on any atom is 0.227 e. The predicted molar refractivity (Wildman–Crippen MR) is 129 cm³/mol. The largest absolute Gasteiger partial charge is 0.481 e. The van der Waals surface area contributed by atoms with E-state index >= 15 is 0 Å². The molecule has 162 valence electrons. The lowest BCUT2D eigenvalue weighted by molar-refractivity contribution is 0.313. The number of ether oxygens (including phenoxy) is 1. The van der Waals surface area contributed by atoms with Crippen molar-refractivity contribution in [3.05, 3.63) is 67.0 Å². The number of anilines is 3. The van der Waals surface area contributed by atoms with Crippen molar-refractivity contribution in [1.82, 2.24) is 19.9 Å². The van der Waals surface area contributed by atoms with Gasteiger partial charge in [-0.25, -0.2) is 15.0 Å². The molecule has 0 radical (unpaired) electrons. The Labute approximate surface area is 187 Å². The SMILES string of the molecule is COc1ccc(-c2cccc3cnc(Nc4cccc(N5CCN(C)CC5)c4)nc23)cn1. The van der Waals surface area contributed by atoms with Crippen LogP contribution in [-0.2, 0) is 0 Å². The molecule has 0 bridgehead atoms. The molecule has 0 unspecified atom stereocenters. The lowest BCUT2D eigenvalue weighted by Gasteiger charge is -2.34. The van der Waals surface area contributed by atoms with Gasteiger partial charge < -0.3 is 19.9 Å². The molecule has 1 aliphatic heterocycles. The first-order chi connectivity index (χ1) is 15.7. The molecule has 2 aromatic carbocycles. The Morgan fingerprint density at radius 2 is 1.75 bits per heavy atom. The summed E-state index contributed by atoms with van der Waals surface area (Å²) in [7, 11) is 3.78. The van der Waals surface area contributed by atoms with Crippen LogP contribution in [0.1, 0.15) is 0 Å². The molecule has 7 nitrogen and oxygen atoms in total. The van der Waals surface area contributed by atoms with Crippen LogP contribution in [0.5, 0.6) is 5.88 Å². The van der Waals surface area contributed by atoms with E-state index in [4.69, 9.17) is 9.72 Å². The van der Waals surface area contributed by atoms with E-state index in [1.807, 2.05) is 42.7 Å². The average Bonchev–Trinajstić information content (AvgIpc) is 2.84. The molecule has 5 rings (SSSR count). The number of nitrogens with one attached hydrogen (secondary N) is 1. The number of hydrogen-bond acceptors (Lipinski definition) is 7. The minimum Gasteiger partial charge on any atom is -0.481 e. The molecule has 3 heterocycles. The van der Waals surface area contributed by atoms with Gasteiger partial charge in [0.2, 0.25) is 11.8 Å². The highest BCUT2D eigenvalue weighted by molar-refractivity contribution is 5.93. The first-order valence-corrected chi connectivity index (χ1v) is 10.8. The fraction of sp³-hybridized carbons (Fsp3) is 0.240. The molecular weight excluding hydrogens is 400 g/mol. The fourth-order valence-corrected chi connectivity index (χ4v) is 3.98. The van der Waals surface area contributed by atoms with Crippen molar-refractivity contribution in [2.45, 2.75) is 0 Å². The Bertz CT molecular complexity index is 1220. The second-order valence-corrected chi connectivity index (χ2v) is 7.99. The Morgan fingerprint density at radius 3 is 2.53 bits per heavy atom. The van der Waals surface area contributed by atoms with Crippen LogP contribution in [0.3, 0.4) is 0 Å². The van der Waals surface area contributed by atoms with Crippen molar-refractivity contribution in [3.8, 4) is 17.0 Å². The molecule has 0 amide bonds. The number of nitrogens with zero attached hydrogens (tertiary/aromatic N) is 5. The summed E-state index contributed by atoms with van der Waals surface area (Å²) in [6.45, 7) is 4.22. The van der Waals surface area contributed by atoms with Gasteiger partial charge in [0.25, 0.3) is 0 Å². The maximum absolute atomic E-state index is 5.18. The van der Waals surface area contributed by atoms with Crippen LogP contribution in [0, 0.1) is 0 Å². The Morgan fingerprint density at radius 1 is 0.906 bits per heavy atom.